The van der Waals surface area contributed by atoms with Crippen LogP contribution in [0.3, 0.4) is 0 Å². The summed E-state index contributed by atoms with van der Waals surface area (Å²) in [7, 11) is 1.55. The van der Waals surface area contributed by atoms with Crippen molar-refractivity contribution in [3.8, 4) is 0 Å². The lowest BCUT2D eigenvalue weighted by molar-refractivity contribution is -0.173. The van der Waals surface area contributed by atoms with E-state index in [0.717, 1.165) is 0 Å². The van der Waals surface area contributed by atoms with Crippen molar-refractivity contribution >= 4 is 0 Å². The minimum atomic E-state index is -0.719. The highest BCUT2D eigenvalue weighted by atomic mass is 16.5. The quantitative estimate of drug-likeness (QED) is 0.597. The molecule has 1 fully saturated rings. The maximum atomic E-state index is 9.59. The molecule has 0 radical (unpaired) electrons. The molecule has 0 aromatic carbocycles. The maximum Gasteiger partial charge on any atom is 0.111 e. The number of hydrogen-bond donors (Lipinski definition) is 2. The van der Waals surface area contributed by atoms with Crippen molar-refractivity contribution in [1.29, 1.82) is 0 Å². The third-order valence-electron chi connectivity index (χ3n) is 2.21. The molecule has 4 unspecified atom stereocenters. The maximum absolute atomic E-state index is 9.59. The third kappa shape index (κ3) is 1.95. The normalized spacial score (nSPS) is 39.5. The van der Waals surface area contributed by atoms with Gasteiger partial charge in [0.2, 0.25) is 0 Å². The zero-order chi connectivity index (χ0) is 9.14. The Morgan fingerprint density at radius 1 is 1.58 bits per heavy atom. The second-order valence-electron chi connectivity index (χ2n) is 3.13. The van der Waals surface area contributed by atoms with Gasteiger partial charge in [-0.3, -0.25) is 0 Å². The van der Waals surface area contributed by atoms with Crippen molar-refractivity contribution in [2.45, 2.75) is 37.8 Å². The highest BCUT2D eigenvalue weighted by Gasteiger charge is 2.35. The lowest BCUT2D eigenvalue weighted by Crippen LogP contribution is -2.50. The van der Waals surface area contributed by atoms with Gasteiger partial charge in [0, 0.05) is 13.7 Å². The molecule has 4 nitrogen and oxygen atoms in total. The van der Waals surface area contributed by atoms with Crippen molar-refractivity contribution in [3.05, 3.63) is 0 Å². The minimum Gasteiger partial charge on any atom is -0.391 e. The molecule has 0 aromatic rings. The van der Waals surface area contributed by atoms with E-state index < -0.39 is 18.3 Å². The van der Waals surface area contributed by atoms with E-state index >= 15 is 0 Å². The van der Waals surface area contributed by atoms with Crippen molar-refractivity contribution in [3.63, 3.8) is 0 Å². The van der Waals surface area contributed by atoms with Gasteiger partial charge in [0.1, 0.15) is 12.2 Å². The summed E-state index contributed by atoms with van der Waals surface area (Å²) in [4.78, 5) is 0. The molecule has 1 heterocycles. The summed E-state index contributed by atoms with van der Waals surface area (Å²) in [6, 6.07) is 0. The summed E-state index contributed by atoms with van der Waals surface area (Å²) in [5, 5.41) is 18.8. The van der Waals surface area contributed by atoms with Gasteiger partial charge in [-0.25, -0.2) is 0 Å². The molecule has 1 rings (SSSR count). The van der Waals surface area contributed by atoms with Gasteiger partial charge in [-0.1, -0.05) is 0 Å². The van der Waals surface area contributed by atoms with E-state index in [1.54, 1.807) is 14.0 Å². The number of aliphatic hydroxyl groups excluding tert-OH is 2. The predicted octanol–water partition coefficient (Wildman–Crippen LogP) is -0.468. The molecule has 0 aromatic heterocycles. The van der Waals surface area contributed by atoms with Crippen LogP contribution in [0.4, 0.5) is 0 Å². The molecular weight excluding hydrogens is 160 g/mol. The standard InChI is InChI=1S/C8H16O4/c1-5(9)8-7(10)6(11-2)3-4-12-8/h5-10H,3-4H2,1-2H3. The molecule has 2 N–H and O–H groups in total. The fourth-order valence-electron chi connectivity index (χ4n) is 1.48. The van der Waals surface area contributed by atoms with E-state index in [1.807, 2.05) is 0 Å². The van der Waals surface area contributed by atoms with Gasteiger partial charge in [0.25, 0.3) is 0 Å². The fourth-order valence-corrected chi connectivity index (χ4v) is 1.48. The van der Waals surface area contributed by atoms with E-state index in [4.69, 9.17) is 9.47 Å². The number of hydrogen-bond acceptors (Lipinski definition) is 4. The Hall–Kier alpha value is -0.160. The number of ether oxygens (including phenoxy) is 2. The SMILES string of the molecule is COC1CCOC(C(C)O)C1O. The summed E-state index contributed by atoms with van der Waals surface area (Å²) in [5.74, 6) is 0. The summed E-state index contributed by atoms with van der Waals surface area (Å²) >= 11 is 0. The van der Waals surface area contributed by atoms with E-state index in [9.17, 15) is 10.2 Å². The zero-order valence-electron chi connectivity index (χ0n) is 7.43. The van der Waals surface area contributed by atoms with Crippen LogP contribution in [0.25, 0.3) is 0 Å². The molecule has 12 heavy (non-hydrogen) atoms. The molecule has 4 heteroatoms. The molecule has 0 aliphatic carbocycles. The first kappa shape index (κ1) is 9.92. The second-order valence-corrected chi connectivity index (χ2v) is 3.13. The Morgan fingerprint density at radius 2 is 2.25 bits per heavy atom. The average Bonchev–Trinajstić information content (AvgIpc) is 2.04. The molecule has 1 aliphatic heterocycles. The van der Waals surface area contributed by atoms with Crippen LogP contribution in [0.1, 0.15) is 13.3 Å². The van der Waals surface area contributed by atoms with Crippen LogP contribution >= 0.6 is 0 Å². The summed E-state index contributed by atoms with van der Waals surface area (Å²) < 4.78 is 10.2. The molecular formula is C8H16O4. The molecule has 0 amide bonds. The number of rotatable bonds is 2. The van der Waals surface area contributed by atoms with Crippen molar-refractivity contribution in [2.24, 2.45) is 0 Å². The molecule has 4 atom stereocenters. The summed E-state index contributed by atoms with van der Waals surface area (Å²) in [5.41, 5.74) is 0. The number of aliphatic hydroxyl groups is 2. The predicted molar refractivity (Wildman–Crippen MR) is 42.8 cm³/mol. The van der Waals surface area contributed by atoms with E-state index in [-0.39, 0.29) is 6.10 Å². The Kier molecular flexibility index (Phi) is 3.46. The molecule has 1 aliphatic rings. The first-order chi connectivity index (χ1) is 5.66. The molecule has 0 bridgehead atoms. The van der Waals surface area contributed by atoms with Crippen molar-refractivity contribution in [2.75, 3.05) is 13.7 Å². The Labute approximate surface area is 72.1 Å². The monoisotopic (exact) mass is 176 g/mol. The van der Waals surface area contributed by atoms with Crippen molar-refractivity contribution < 1.29 is 19.7 Å². The van der Waals surface area contributed by atoms with Crippen molar-refractivity contribution in [1.82, 2.24) is 0 Å². The van der Waals surface area contributed by atoms with Crippen LogP contribution < -0.4 is 0 Å². The molecule has 0 saturated carbocycles. The van der Waals surface area contributed by atoms with E-state index in [2.05, 4.69) is 0 Å². The van der Waals surface area contributed by atoms with Gasteiger partial charge in [-0.05, 0) is 13.3 Å². The number of methoxy groups -OCH3 is 1. The van der Waals surface area contributed by atoms with Crippen LogP contribution in [-0.2, 0) is 9.47 Å². The Balaban J connectivity index is 2.53. The average molecular weight is 176 g/mol. The first-order valence-electron chi connectivity index (χ1n) is 4.17. The molecule has 0 spiro atoms. The van der Waals surface area contributed by atoms with Crippen LogP contribution in [-0.4, -0.2) is 48.3 Å². The van der Waals surface area contributed by atoms with E-state index in [0.29, 0.717) is 13.0 Å². The second kappa shape index (κ2) is 4.18. The van der Waals surface area contributed by atoms with Gasteiger partial charge < -0.3 is 19.7 Å². The van der Waals surface area contributed by atoms with Gasteiger partial charge in [-0.15, -0.1) is 0 Å². The van der Waals surface area contributed by atoms with Crippen LogP contribution in [0, 0.1) is 0 Å². The Morgan fingerprint density at radius 3 is 2.75 bits per heavy atom. The summed E-state index contributed by atoms with van der Waals surface area (Å²) in [6.07, 6.45) is -1.41. The van der Waals surface area contributed by atoms with Crippen LogP contribution in [0.2, 0.25) is 0 Å². The van der Waals surface area contributed by atoms with Gasteiger partial charge in [0.15, 0.2) is 0 Å². The Bertz CT molecular complexity index is 137. The lowest BCUT2D eigenvalue weighted by Gasteiger charge is -2.35. The minimum absolute atomic E-state index is 0.210. The summed E-state index contributed by atoms with van der Waals surface area (Å²) in [6.45, 7) is 2.14. The third-order valence-corrected chi connectivity index (χ3v) is 2.21. The van der Waals surface area contributed by atoms with E-state index in [1.165, 1.54) is 0 Å². The molecule has 72 valence electrons. The molecule has 1 saturated heterocycles. The van der Waals surface area contributed by atoms with Crippen LogP contribution in [0.5, 0.6) is 0 Å². The first-order valence-corrected chi connectivity index (χ1v) is 4.17. The zero-order valence-corrected chi connectivity index (χ0v) is 7.43. The van der Waals surface area contributed by atoms with Gasteiger partial charge >= 0.3 is 0 Å². The smallest absolute Gasteiger partial charge is 0.111 e. The fraction of sp³-hybridized carbons (Fsp3) is 1.00. The lowest BCUT2D eigenvalue weighted by atomic mass is 9.99. The van der Waals surface area contributed by atoms with Gasteiger partial charge in [-0.2, -0.15) is 0 Å². The van der Waals surface area contributed by atoms with Crippen LogP contribution in [0.15, 0.2) is 0 Å². The topological polar surface area (TPSA) is 58.9 Å². The highest BCUT2D eigenvalue weighted by Crippen LogP contribution is 2.19. The largest absolute Gasteiger partial charge is 0.391 e. The highest BCUT2D eigenvalue weighted by molar-refractivity contribution is 4.84. The van der Waals surface area contributed by atoms with Gasteiger partial charge in [0.05, 0.1) is 12.2 Å².